The predicted molar refractivity (Wildman–Crippen MR) is 128 cm³/mol. The number of pyridine rings is 1. The van der Waals surface area contributed by atoms with Crippen LogP contribution in [0.15, 0.2) is 73.1 Å². The predicted octanol–water partition coefficient (Wildman–Crippen LogP) is 3.98. The minimum Gasteiger partial charge on any atom is -0.406 e. The molecule has 0 bridgehead atoms. The van der Waals surface area contributed by atoms with E-state index < -0.39 is 39.6 Å². The van der Waals surface area contributed by atoms with Gasteiger partial charge in [0.15, 0.2) is 0 Å². The highest BCUT2D eigenvalue weighted by atomic mass is 32.2. The summed E-state index contributed by atoms with van der Waals surface area (Å²) < 4.78 is 69.1. The molecule has 0 spiro atoms. The van der Waals surface area contributed by atoms with Crippen LogP contribution in [0, 0.1) is 0 Å². The van der Waals surface area contributed by atoms with Gasteiger partial charge in [-0.05, 0) is 48.4 Å². The van der Waals surface area contributed by atoms with Crippen LogP contribution in [0.25, 0.3) is 0 Å². The highest BCUT2D eigenvalue weighted by Gasteiger charge is 2.48. The van der Waals surface area contributed by atoms with Crippen molar-refractivity contribution in [1.82, 2.24) is 10.3 Å². The average molecular weight is 535 g/mol. The fourth-order valence-corrected chi connectivity index (χ4v) is 5.11. The van der Waals surface area contributed by atoms with E-state index in [2.05, 4.69) is 19.8 Å². The Hall–Kier alpha value is -4.13. The molecule has 1 aliphatic heterocycles. The van der Waals surface area contributed by atoms with Gasteiger partial charge in [0.2, 0.25) is 10.0 Å². The number of hydrogen-bond acceptors (Lipinski definition) is 6. The van der Waals surface area contributed by atoms with Gasteiger partial charge in [-0.25, -0.2) is 18.1 Å². The SMILES string of the molecule is CC1(Cc2ccncc2NS(=O)(=O)Cc2ccccc2)NC(=O)N(c2ccc(OC(F)(F)F)cc2)C1=O. The standard InChI is InChI=1S/C24H21F3N4O5S/c1-23(21(32)31(22(33)29-23)18-7-9-19(10-8-18)36-24(25,26)27)13-17-11-12-28-14-20(17)30-37(34,35)15-16-5-3-2-4-6-16/h2-12,14,30H,13,15H2,1H3,(H,29,33). The number of hydrogen-bond donors (Lipinski definition) is 2. The molecule has 2 heterocycles. The van der Waals surface area contributed by atoms with Gasteiger partial charge in [-0.15, -0.1) is 13.2 Å². The summed E-state index contributed by atoms with van der Waals surface area (Å²) in [7, 11) is -3.82. The molecule has 37 heavy (non-hydrogen) atoms. The number of halogens is 3. The Morgan fingerprint density at radius 2 is 1.73 bits per heavy atom. The summed E-state index contributed by atoms with van der Waals surface area (Å²) in [5.74, 6) is -1.45. The third-order valence-corrected chi connectivity index (χ3v) is 6.75. The molecule has 1 aliphatic rings. The molecule has 0 saturated carbocycles. The van der Waals surface area contributed by atoms with Crippen LogP contribution in [-0.2, 0) is 27.0 Å². The summed E-state index contributed by atoms with van der Waals surface area (Å²) in [6, 6.07) is 13.6. The lowest BCUT2D eigenvalue weighted by atomic mass is 9.92. The number of urea groups is 1. The summed E-state index contributed by atoms with van der Waals surface area (Å²) in [6.07, 6.45) is -2.24. The zero-order chi connectivity index (χ0) is 26.8. The first-order valence-corrected chi connectivity index (χ1v) is 12.5. The van der Waals surface area contributed by atoms with Gasteiger partial charge < -0.3 is 10.1 Å². The number of imide groups is 1. The average Bonchev–Trinajstić information content (AvgIpc) is 3.02. The Bertz CT molecular complexity index is 1420. The maximum atomic E-state index is 13.3. The van der Waals surface area contributed by atoms with E-state index in [1.807, 2.05) is 0 Å². The Morgan fingerprint density at radius 3 is 2.38 bits per heavy atom. The molecule has 0 aliphatic carbocycles. The summed E-state index contributed by atoms with van der Waals surface area (Å²) >= 11 is 0. The fraction of sp³-hybridized carbons (Fsp3) is 0.208. The number of carbonyl (C=O) groups excluding carboxylic acids is 2. The van der Waals surface area contributed by atoms with Gasteiger partial charge in [-0.2, -0.15) is 0 Å². The number of nitrogens with one attached hydrogen (secondary N) is 2. The monoisotopic (exact) mass is 534 g/mol. The highest BCUT2D eigenvalue weighted by molar-refractivity contribution is 7.91. The first-order chi connectivity index (χ1) is 17.4. The van der Waals surface area contributed by atoms with Crippen LogP contribution < -0.4 is 19.7 Å². The van der Waals surface area contributed by atoms with Crippen molar-refractivity contribution in [3.8, 4) is 5.75 Å². The van der Waals surface area contributed by atoms with Crippen molar-refractivity contribution in [2.24, 2.45) is 0 Å². The molecule has 3 amide bonds. The van der Waals surface area contributed by atoms with Crippen molar-refractivity contribution >= 4 is 33.3 Å². The smallest absolute Gasteiger partial charge is 0.406 e. The quantitative estimate of drug-likeness (QED) is 0.422. The number of ether oxygens (including phenoxy) is 1. The third-order valence-electron chi connectivity index (χ3n) is 5.51. The van der Waals surface area contributed by atoms with Crippen molar-refractivity contribution in [1.29, 1.82) is 0 Å². The molecule has 2 aromatic carbocycles. The molecule has 1 saturated heterocycles. The minimum absolute atomic E-state index is 0.0410. The number of sulfonamides is 1. The van der Waals surface area contributed by atoms with E-state index >= 15 is 0 Å². The lowest BCUT2D eigenvalue weighted by Gasteiger charge is -2.23. The Labute approximate surface area is 210 Å². The molecule has 4 rings (SSSR count). The summed E-state index contributed by atoms with van der Waals surface area (Å²) in [6.45, 7) is 1.47. The highest BCUT2D eigenvalue weighted by Crippen LogP contribution is 2.31. The van der Waals surface area contributed by atoms with Gasteiger partial charge in [0.1, 0.15) is 11.3 Å². The van der Waals surface area contributed by atoms with E-state index in [4.69, 9.17) is 0 Å². The van der Waals surface area contributed by atoms with E-state index in [1.165, 1.54) is 25.4 Å². The van der Waals surface area contributed by atoms with Crippen LogP contribution in [0.1, 0.15) is 18.1 Å². The lowest BCUT2D eigenvalue weighted by Crippen LogP contribution is -2.46. The molecule has 1 atom stereocenters. The molecular formula is C24H21F3N4O5S. The minimum atomic E-state index is -4.88. The van der Waals surface area contributed by atoms with Crippen LogP contribution >= 0.6 is 0 Å². The Kier molecular flexibility index (Phi) is 6.82. The van der Waals surface area contributed by atoms with Gasteiger partial charge in [0.25, 0.3) is 5.91 Å². The fourth-order valence-electron chi connectivity index (χ4n) is 3.88. The van der Waals surface area contributed by atoms with Gasteiger partial charge in [0, 0.05) is 12.6 Å². The van der Waals surface area contributed by atoms with Crippen LogP contribution in [-0.4, -0.2) is 37.2 Å². The second kappa shape index (κ2) is 9.73. The molecule has 194 valence electrons. The number of aromatic nitrogens is 1. The molecule has 13 heteroatoms. The molecule has 1 aromatic heterocycles. The Balaban J connectivity index is 1.53. The summed E-state index contributed by atoms with van der Waals surface area (Å²) in [5, 5.41) is 2.59. The topological polar surface area (TPSA) is 118 Å². The second-order valence-corrected chi connectivity index (χ2v) is 10.2. The van der Waals surface area contributed by atoms with Crippen molar-refractivity contribution in [2.75, 3.05) is 9.62 Å². The van der Waals surface area contributed by atoms with Crippen molar-refractivity contribution in [2.45, 2.75) is 31.0 Å². The molecule has 1 fully saturated rings. The third kappa shape index (κ3) is 6.17. The number of rotatable bonds is 8. The van der Waals surface area contributed by atoms with Crippen molar-refractivity contribution < 1.29 is 35.9 Å². The molecule has 3 aromatic rings. The van der Waals surface area contributed by atoms with E-state index in [9.17, 15) is 31.2 Å². The number of amides is 3. The lowest BCUT2D eigenvalue weighted by molar-refractivity contribution is -0.274. The van der Waals surface area contributed by atoms with Crippen LogP contribution in [0.4, 0.5) is 29.3 Å². The first-order valence-electron chi connectivity index (χ1n) is 10.9. The van der Waals surface area contributed by atoms with Crippen LogP contribution in [0.2, 0.25) is 0 Å². The molecule has 2 N–H and O–H groups in total. The number of nitrogens with zero attached hydrogens (tertiary/aromatic N) is 2. The number of carbonyl (C=O) groups is 2. The van der Waals surface area contributed by atoms with E-state index in [-0.39, 0.29) is 23.5 Å². The van der Waals surface area contributed by atoms with E-state index in [1.54, 1.807) is 30.3 Å². The van der Waals surface area contributed by atoms with Gasteiger partial charge in [-0.3, -0.25) is 14.5 Å². The first kappa shape index (κ1) is 25.9. The maximum Gasteiger partial charge on any atom is 0.573 e. The van der Waals surface area contributed by atoms with Gasteiger partial charge in [-0.1, -0.05) is 30.3 Å². The van der Waals surface area contributed by atoms with Crippen LogP contribution in [0.3, 0.4) is 0 Å². The zero-order valence-electron chi connectivity index (χ0n) is 19.3. The van der Waals surface area contributed by atoms with Crippen LogP contribution in [0.5, 0.6) is 5.75 Å². The normalized spacial score (nSPS) is 18.0. The van der Waals surface area contributed by atoms with Crippen molar-refractivity contribution in [3.05, 3.63) is 84.2 Å². The Morgan fingerprint density at radius 1 is 1.05 bits per heavy atom. The summed E-state index contributed by atoms with van der Waals surface area (Å²) in [5.41, 5.74) is -0.307. The van der Waals surface area contributed by atoms with Gasteiger partial charge in [0.05, 0.1) is 23.3 Å². The largest absolute Gasteiger partial charge is 0.573 e. The molecule has 1 unspecified atom stereocenters. The number of anilines is 2. The number of benzene rings is 2. The van der Waals surface area contributed by atoms with E-state index in [0.29, 0.717) is 11.1 Å². The zero-order valence-corrected chi connectivity index (χ0v) is 20.1. The van der Waals surface area contributed by atoms with Gasteiger partial charge >= 0.3 is 12.4 Å². The second-order valence-electron chi connectivity index (χ2n) is 8.50. The molecular weight excluding hydrogens is 513 g/mol. The van der Waals surface area contributed by atoms with Crippen molar-refractivity contribution in [3.63, 3.8) is 0 Å². The molecule has 0 radical (unpaired) electrons. The molecule has 9 nitrogen and oxygen atoms in total. The summed E-state index contributed by atoms with van der Waals surface area (Å²) in [4.78, 5) is 30.7. The maximum absolute atomic E-state index is 13.3. The van der Waals surface area contributed by atoms with E-state index in [0.717, 1.165) is 29.2 Å². The number of alkyl halides is 3.